The highest BCUT2D eigenvalue weighted by Crippen LogP contribution is 2.52. The van der Waals surface area contributed by atoms with Crippen molar-refractivity contribution in [2.24, 2.45) is 0 Å². The lowest BCUT2D eigenvalue weighted by Gasteiger charge is -2.46. The van der Waals surface area contributed by atoms with E-state index < -0.39 is 11.2 Å². The predicted octanol–water partition coefficient (Wildman–Crippen LogP) is 6.65. The highest BCUT2D eigenvalue weighted by molar-refractivity contribution is 5.46. The molecule has 0 atom stereocenters. The minimum absolute atomic E-state index is 0.613. The molecule has 1 aliphatic rings. The fourth-order valence-corrected chi connectivity index (χ4v) is 5.18. The minimum Gasteiger partial charge on any atom is -0.497 e. The first-order chi connectivity index (χ1) is 18.6. The van der Waals surface area contributed by atoms with Crippen molar-refractivity contribution in [1.29, 1.82) is 0 Å². The summed E-state index contributed by atoms with van der Waals surface area (Å²) in [6, 6.07) is 31.7. The van der Waals surface area contributed by atoms with Gasteiger partial charge in [0.15, 0.2) is 11.2 Å². The van der Waals surface area contributed by atoms with Crippen molar-refractivity contribution in [3.63, 3.8) is 0 Å². The van der Waals surface area contributed by atoms with E-state index in [-0.39, 0.29) is 0 Å². The van der Waals surface area contributed by atoms with E-state index in [1.807, 2.05) is 97.1 Å². The molecule has 6 nitrogen and oxygen atoms in total. The van der Waals surface area contributed by atoms with Crippen LogP contribution >= 0.6 is 0 Å². The van der Waals surface area contributed by atoms with Crippen molar-refractivity contribution < 1.29 is 28.7 Å². The molecule has 4 aromatic rings. The fraction of sp³-hybridized carbons (Fsp3) is 0.250. The van der Waals surface area contributed by atoms with Crippen molar-refractivity contribution in [3.05, 3.63) is 119 Å². The first-order valence-corrected chi connectivity index (χ1v) is 12.5. The molecule has 0 unspecified atom stereocenters. The Labute approximate surface area is 223 Å². The Morgan fingerprint density at radius 2 is 0.711 bits per heavy atom. The summed E-state index contributed by atoms with van der Waals surface area (Å²) in [4.78, 5) is 13.2. The molecular formula is C32H32O6. The van der Waals surface area contributed by atoms with Gasteiger partial charge in [-0.1, -0.05) is 48.5 Å². The molecule has 0 amide bonds. The van der Waals surface area contributed by atoms with Crippen LogP contribution in [0.4, 0.5) is 0 Å². The maximum atomic E-state index is 6.62. The average Bonchev–Trinajstić information content (AvgIpc) is 3.01. The van der Waals surface area contributed by atoms with Crippen LogP contribution in [0.5, 0.6) is 23.0 Å². The molecule has 0 N–H and O–H groups in total. The monoisotopic (exact) mass is 512 g/mol. The van der Waals surface area contributed by atoms with E-state index in [1.165, 1.54) is 0 Å². The van der Waals surface area contributed by atoms with Crippen LogP contribution in [0.25, 0.3) is 0 Å². The predicted molar refractivity (Wildman–Crippen MR) is 145 cm³/mol. The summed E-state index contributed by atoms with van der Waals surface area (Å²) in [5.41, 5.74) is 1.91. The molecule has 5 rings (SSSR count). The summed E-state index contributed by atoms with van der Waals surface area (Å²) in [6.45, 7) is 0. The molecule has 1 heterocycles. The van der Waals surface area contributed by atoms with Crippen LogP contribution in [0.3, 0.4) is 0 Å². The number of rotatable bonds is 8. The van der Waals surface area contributed by atoms with Gasteiger partial charge in [-0.2, -0.15) is 0 Å². The Balaban J connectivity index is 1.65. The first-order valence-electron chi connectivity index (χ1n) is 12.5. The van der Waals surface area contributed by atoms with Gasteiger partial charge in [-0.3, -0.25) is 0 Å². The molecule has 4 aromatic carbocycles. The van der Waals surface area contributed by atoms with E-state index in [0.29, 0.717) is 12.8 Å². The fourth-order valence-electron chi connectivity index (χ4n) is 5.18. The summed E-state index contributed by atoms with van der Waals surface area (Å²) in [5.74, 6) is 2.97. The molecule has 1 aliphatic heterocycles. The standard InChI is InChI=1S/C32H32O6/c1-33-27-13-5-9-23(19-27)31(24-10-6-14-28(20-24)34-2)17-18-32(38-37-31,25-11-7-15-29(21-25)35-3)26-12-8-16-30(22-26)36-4/h5-16,19-22H,17-18H2,1-4H3. The van der Waals surface area contributed by atoms with E-state index in [4.69, 9.17) is 28.7 Å². The molecule has 1 saturated heterocycles. The van der Waals surface area contributed by atoms with Gasteiger partial charge in [0.25, 0.3) is 0 Å². The van der Waals surface area contributed by atoms with Crippen LogP contribution in [0, 0.1) is 0 Å². The van der Waals surface area contributed by atoms with Gasteiger partial charge in [0.05, 0.1) is 28.4 Å². The van der Waals surface area contributed by atoms with Crippen LogP contribution in [-0.4, -0.2) is 28.4 Å². The maximum Gasteiger partial charge on any atom is 0.154 e. The van der Waals surface area contributed by atoms with Crippen molar-refractivity contribution in [2.75, 3.05) is 28.4 Å². The van der Waals surface area contributed by atoms with Crippen LogP contribution in [-0.2, 0) is 21.0 Å². The summed E-state index contributed by atoms with van der Waals surface area (Å²) in [6.07, 6.45) is 1.23. The number of ether oxygens (including phenoxy) is 4. The Bertz CT molecular complexity index is 1180. The van der Waals surface area contributed by atoms with E-state index in [1.54, 1.807) is 28.4 Å². The van der Waals surface area contributed by atoms with Crippen molar-refractivity contribution in [1.82, 2.24) is 0 Å². The molecule has 38 heavy (non-hydrogen) atoms. The van der Waals surface area contributed by atoms with Crippen LogP contribution in [0.15, 0.2) is 97.1 Å². The van der Waals surface area contributed by atoms with E-state index in [9.17, 15) is 0 Å². The zero-order valence-electron chi connectivity index (χ0n) is 22.1. The summed E-state index contributed by atoms with van der Waals surface area (Å²) < 4.78 is 22.2. The van der Waals surface area contributed by atoms with Gasteiger partial charge in [0, 0.05) is 0 Å². The Morgan fingerprint density at radius 3 is 0.921 bits per heavy atom. The number of methoxy groups -OCH3 is 4. The second-order valence-electron chi connectivity index (χ2n) is 9.25. The zero-order chi connectivity index (χ0) is 26.6. The van der Waals surface area contributed by atoms with Gasteiger partial charge in [-0.15, -0.1) is 0 Å². The smallest absolute Gasteiger partial charge is 0.154 e. The largest absolute Gasteiger partial charge is 0.497 e. The molecule has 0 aliphatic carbocycles. The molecule has 0 spiro atoms. The molecule has 0 bridgehead atoms. The van der Waals surface area contributed by atoms with Gasteiger partial charge in [0.1, 0.15) is 23.0 Å². The van der Waals surface area contributed by atoms with E-state index in [0.717, 1.165) is 45.3 Å². The SMILES string of the molecule is COc1cccc(C2(c3cccc(OC)c3)CCC(c3cccc(OC)c3)(c3cccc(OC)c3)OO2)c1. The van der Waals surface area contributed by atoms with Crippen LogP contribution in [0.2, 0.25) is 0 Å². The van der Waals surface area contributed by atoms with Crippen molar-refractivity contribution in [2.45, 2.75) is 24.0 Å². The molecule has 1 fully saturated rings. The van der Waals surface area contributed by atoms with Gasteiger partial charge in [0.2, 0.25) is 0 Å². The summed E-state index contributed by atoms with van der Waals surface area (Å²) >= 11 is 0. The average molecular weight is 513 g/mol. The second kappa shape index (κ2) is 10.8. The lowest BCUT2D eigenvalue weighted by Crippen LogP contribution is -2.45. The second-order valence-corrected chi connectivity index (χ2v) is 9.25. The van der Waals surface area contributed by atoms with Gasteiger partial charge >= 0.3 is 0 Å². The highest BCUT2D eigenvalue weighted by Gasteiger charge is 2.50. The Kier molecular flexibility index (Phi) is 7.27. The molecule has 0 saturated carbocycles. The van der Waals surface area contributed by atoms with Crippen LogP contribution < -0.4 is 18.9 Å². The van der Waals surface area contributed by atoms with Gasteiger partial charge in [-0.05, 0) is 83.6 Å². The third-order valence-electron chi connectivity index (χ3n) is 7.30. The quantitative estimate of drug-likeness (QED) is 0.246. The lowest BCUT2D eigenvalue weighted by atomic mass is 9.74. The molecule has 0 radical (unpaired) electrons. The first kappa shape index (κ1) is 25.6. The topological polar surface area (TPSA) is 55.4 Å². The Hall–Kier alpha value is -4.00. The lowest BCUT2D eigenvalue weighted by molar-refractivity contribution is -0.432. The molecular weight excluding hydrogens is 480 g/mol. The minimum atomic E-state index is -0.898. The summed E-state index contributed by atoms with van der Waals surface area (Å²) in [7, 11) is 6.64. The Morgan fingerprint density at radius 1 is 0.447 bits per heavy atom. The third-order valence-corrected chi connectivity index (χ3v) is 7.30. The van der Waals surface area contributed by atoms with Gasteiger partial charge in [-0.25, -0.2) is 9.78 Å². The highest BCUT2D eigenvalue weighted by atomic mass is 17.2. The zero-order valence-corrected chi connectivity index (χ0v) is 22.1. The number of hydrogen-bond donors (Lipinski definition) is 0. The maximum absolute atomic E-state index is 6.62. The van der Waals surface area contributed by atoms with E-state index >= 15 is 0 Å². The molecule has 0 aromatic heterocycles. The van der Waals surface area contributed by atoms with Gasteiger partial charge < -0.3 is 18.9 Å². The summed E-state index contributed by atoms with van der Waals surface area (Å²) in [5, 5.41) is 0. The number of hydrogen-bond acceptors (Lipinski definition) is 6. The third kappa shape index (κ3) is 4.57. The normalized spacial score (nSPS) is 15.9. The number of benzene rings is 4. The molecule has 6 heteroatoms. The molecule has 196 valence electrons. The van der Waals surface area contributed by atoms with E-state index in [2.05, 4.69) is 0 Å². The van der Waals surface area contributed by atoms with Crippen molar-refractivity contribution >= 4 is 0 Å². The van der Waals surface area contributed by atoms with Crippen LogP contribution in [0.1, 0.15) is 35.1 Å². The van der Waals surface area contributed by atoms with Crippen molar-refractivity contribution in [3.8, 4) is 23.0 Å².